The van der Waals surface area contributed by atoms with E-state index in [-0.39, 0.29) is 17.7 Å². The van der Waals surface area contributed by atoms with Gasteiger partial charge in [0.25, 0.3) is 0 Å². The first kappa shape index (κ1) is 15.2. The molecule has 0 aromatic heterocycles. The van der Waals surface area contributed by atoms with Gasteiger partial charge in [0.2, 0.25) is 5.91 Å². The van der Waals surface area contributed by atoms with Gasteiger partial charge in [-0.3, -0.25) is 4.79 Å². The van der Waals surface area contributed by atoms with Gasteiger partial charge in [0.15, 0.2) is 11.6 Å². The maximum absolute atomic E-state index is 13.6. The Balaban J connectivity index is 2.78. The number of hydrogen-bond donors (Lipinski definition) is 1. The van der Waals surface area contributed by atoms with E-state index in [2.05, 4.69) is 5.32 Å². The number of hydrogen-bond acceptors (Lipinski definition) is 2. The molecule has 1 N–H and O–H groups in total. The number of benzene rings is 1. The maximum atomic E-state index is 13.6. The molecule has 0 saturated heterocycles. The van der Waals surface area contributed by atoms with Crippen molar-refractivity contribution in [2.75, 3.05) is 7.11 Å². The lowest BCUT2D eigenvalue weighted by Crippen LogP contribution is -2.27. The zero-order chi connectivity index (χ0) is 14.4. The molecule has 0 spiro atoms. The van der Waals surface area contributed by atoms with Crippen molar-refractivity contribution in [2.45, 2.75) is 33.2 Å². The molecule has 0 aliphatic carbocycles. The lowest BCUT2D eigenvalue weighted by atomic mass is 10.1. The van der Waals surface area contributed by atoms with Crippen LogP contribution in [0.2, 0.25) is 0 Å². The average Bonchev–Trinajstić information content (AvgIpc) is 2.38. The first-order valence-corrected chi connectivity index (χ1v) is 6.30. The number of allylic oxidation sites excluding steroid dienone is 1. The molecule has 104 valence electrons. The summed E-state index contributed by atoms with van der Waals surface area (Å²) in [5.41, 5.74) is 1.37. The molecular weight excluding hydrogens is 245 g/mol. The number of rotatable bonds is 5. The number of halogens is 1. The topological polar surface area (TPSA) is 38.3 Å². The molecule has 1 aromatic rings. The molecule has 0 heterocycles. The van der Waals surface area contributed by atoms with Crippen LogP contribution in [0.4, 0.5) is 4.39 Å². The minimum atomic E-state index is -0.429. The molecule has 4 heteroatoms. The lowest BCUT2D eigenvalue weighted by Gasteiger charge is -2.15. The van der Waals surface area contributed by atoms with Gasteiger partial charge in [-0.1, -0.05) is 19.1 Å². The molecule has 1 aromatic carbocycles. The Labute approximate surface area is 113 Å². The summed E-state index contributed by atoms with van der Waals surface area (Å²) in [6.45, 7) is 5.55. The molecule has 1 rings (SSSR count). The number of ether oxygens (including phenoxy) is 1. The van der Waals surface area contributed by atoms with Gasteiger partial charge in [-0.15, -0.1) is 0 Å². The molecule has 0 fully saturated rings. The lowest BCUT2D eigenvalue weighted by molar-refractivity contribution is -0.118. The first-order valence-electron chi connectivity index (χ1n) is 6.30. The molecule has 1 unspecified atom stereocenters. The van der Waals surface area contributed by atoms with Gasteiger partial charge in [0.05, 0.1) is 13.2 Å². The van der Waals surface area contributed by atoms with Crippen molar-refractivity contribution in [2.24, 2.45) is 0 Å². The fourth-order valence-corrected chi connectivity index (χ4v) is 1.74. The van der Waals surface area contributed by atoms with Gasteiger partial charge < -0.3 is 10.1 Å². The summed E-state index contributed by atoms with van der Waals surface area (Å²) in [5, 5.41) is 2.83. The quantitative estimate of drug-likeness (QED) is 0.829. The zero-order valence-corrected chi connectivity index (χ0v) is 11.8. The van der Waals surface area contributed by atoms with E-state index in [0.717, 1.165) is 6.42 Å². The van der Waals surface area contributed by atoms with Gasteiger partial charge >= 0.3 is 0 Å². The molecule has 3 nitrogen and oxygen atoms in total. The van der Waals surface area contributed by atoms with Crippen molar-refractivity contribution in [3.8, 4) is 5.75 Å². The third-order valence-electron chi connectivity index (χ3n) is 2.89. The van der Waals surface area contributed by atoms with Gasteiger partial charge in [-0.05, 0) is 38.0 Å². The van der Waals surface area contributed by atoms with Crippen molar-refractivity contribution in [3.05, 3.63) is 41.2 Å². The highest BCUT2D eigenvalue weighted by Gasteiger charge is 2.12. The second-order valence-electron chi connectivity index (χ2n) is 4.38. The van der Waals surface area contributed by atoms with E-state index in [1.807, 2.05) is 19.9 Å². The summed E-state index contributed by atoms with van der Waals surface area (Å²) in [6, 6.07) is 4.42. The molecule has 0 radical (unpaired) electrons. The summed E-state index contributed by atoms with van der Waals surface area (Å²) in [6.07, 6.45) is 2.67. The summed E-state index contributed by atoms with van der Waals surface area (Å²) in [7, 11) is 1.42. The van der Waals surface area contributed by atoms with Crippen molar-refractivity contribution < 1.29 is 13.9 Å². The van der Waals surface area contributed by atoms with Crippen LogP contribution < -0.4 is 10.1 Å². The summed E-state index contributed by atoms with van der Waals surface area (Å²) < 4.78 is 18.4. The Morgan fingerprint density at radius 2 is 2.21 bits per heavy atom. The van der Waals surface area contributed by atoms with Crippen LogP contribution in [0, 0.1) is 5.82 Å². The van der Waals surface area contributed by atoms with Gasteiger partial charge in [-0.25, -0.2) is 4.39 Å². The molecule has 0 aliphatic rings. The summed E-state index contributed by atoms with van der Waals surface area (Å²) in [5.74, 6) is -0.364. The zero-order valence-electron chi connectivity index (χ0n) is 11.8. The van der Waals surface area contributed by atoms with Crippen molar-refractivity contribution in [1.82, 2.24) is 5.32 Å². The molecule has 0 saturated carbocycles. The number of methoxy groups -OCH3 is 1. The Hall–Kier alpha value is -1.84. The maximum Gasteiger partial charge on any atom is 0.247 e. The Kier molecular flexibility index (Phi) is 5.55. The van der Waals surface area contributed by atoms with E-state index in [1.54, 1.807) is 19.1 Å². The number of carbonyl (C=O) groups is 1. The van der Waals surface area contributed by atoms with Crippen LogP contribution in [0.25, 0.3) is 0 Å². The Morgan fingerprint density at radius 3 is 2.74 bits per heavy atom. The SMILES string of the molecule is CC/C=C(\C)C(=O)NC(C)c1ccc(OC)c(F)c1. The summed E-state index contributed by atoms with van der Waals surface area (Å²) >= 11 is 0. The van der Waals surface area contributed by atoms with E-state index >= 15 is 0 Å². The summed E-state index contributed by atoms with van der Waals surface area (Å²) in [4.78, 5) is 11.8. The third kappa shape index (κ3) is 4.09. The molecule has 0 aliphatic heterocycles. The molecule has 1 amide bonds. The number of nitrogens with one attached hydrogen (secondary N) is 1. The van der Waals surface area contributed by atoms with Crippen LogP contribution in [-0.4, -0.2) is 13.0 Å². The number of carbonyl (C=O) groups excluding carboxylic acids is 1. The average molecular weight is 265 g/mol. The van der Waals surface area contributed by atoms with Crippen LogP contribution >= 0.6 is 0 Å². The second kappa shape index (κ2) is 6.92. The van der Waals surface area contributed by atoms with E-state index in [9.17, 15) is 9.18 Å². The highest BCUT2D eigenvalue weighted by atomic mass is 19.1. The third-order valence-corrected chi connectivity index (χ3v) is 2.89. The van der Waals surface area contributed by atoms with Crippen molar-refractivity contribution in [3.63, 3.8) is 0 Å². The van der Waals surface area contributed by atoms with Gasteiger partial charge in [-0.2, -0.15) is 0 Å². The molecule has 1 atom stereocenters. The normalized spacial score (nSPS) is 13.0. The van der Waals surface area contributed by atoms with Crippen LogP contribution in [-0.2, 0) is 4.79 Å². The Morgan fingerprint density at radius 1 is 1.53 bits per heavy atom. The monoisotopic (exact) mass is 265 g/mol. The predicted octanol–water partition coefficient (Wildman–Crippen LogP) is 3.37. The first-order chi connectivity index (χ1) is 8.99. The Bertz CT molecular complexity index is 483. The minimum Gasteiger partial charge on any atom is -0.494 e. The van der Waals surface area contributed by atoms with Crippen LogP contribution in [0.3, 0.4) is 0 Å². The van der Waals surface area contributed by atoms with Crippen LogP contribution in [0.15, 0.2) is 29.8 Å². The van der Waals surface area contributed by atoms with Crippen LogP contribution in [0.5, 0.6) is 5.75 Å². The van der Waals surface area contributed by atoms with Crippen molar-refractivity contribution >= 4 is 5.91 Å². The molecule has 0 bridgehead atoms. The predicted molar refractivity (Wildman–Crippen MR) is 73.6 cm³/mol. The van der Waals surface area contributed by atoms with E-state index in [4.69, 9.17) is 4.74 Å². The van der Waals surface area contributed by atoms with Crippen LogP contribution in [0.1, 0.15) is 38.8 Å². The standard InChI is InChI=1S/C15H20FNO2/c1-5-6-10(2)15(18)17-11(3)12-7-8-14(19-4)13(16)9-12/h6-9,11H,5H2,1-4H3,(H,17,18)/b10-6+. The largest absolute Gasteiger partial charge is 0.494 e. The van der Waals surface area contributed by atoms with E-state index < -0.39 is 5.82 Å². The smallest absolute Gasteiger partial charge is 0.247 e. The van der Waals surface area contributed by atoms with E-state index in [0.29, 0.717) is 11.1 Å². The highest BCUT2D eigenvalue weighted by molar-refractivity contribution is 5.92. The van der Waals surface area contributed by atoms with Gasteiger partial charge in [0.1, 0.15) is 0 Å². The minimum absolute atomic E-state index is 0.134. The molecular formula is C15H20FNO2. The highest BCUT2D eigenvalue weighted by Crippen LogP contribution is 2.21. The molecule has 19 heavy (non-hydrogen) atoms. The number of amides is 1. The second-order valence-corrected chi connectivity index (χ2v) is 4.38. The van der Waals surface area contributed by atoms with Gasteiger partial charge in [0, 0.05) is 5.57 Å². The van der Waals surface area contributed by atoms with E-state index in [1.165, 1.54) is 13.2 Å². The fourth-order valence-electron chi connectivity index (χ4n) is 1.74. The fraction of sp³-hybridized carbons (Fsp3) is 0.400. The van der Waals surface area contributed by atoms with Crippen molar-refractivity contribution in [1.29, 1.82) is 0 Å².